The van der Waals surface area contributed by atoms with Crippen LogP contribution in [0.1, 0.15) is 24.8 Å². The maximum absolute atomic E-state index is 12.2. The van der Waals surface area contributed by atoms with Crippen molar-refractivity contribution in [2.45, 2.75) is 31.7 Å². The zero-order chi connectivity index (χ0) is 14.6. The second kappa shape index (κ2) is 6.66. The van der Waals surface area contributed by atoms with E-state index in [9.17, 15) is 13.5 Å². The van der Waals surface area contributed by atoms with Crippen molar-refractivity contribution >= 4 is 10.2 Å². The van der Waals surface area contributed by atoms with E-state index in [4.69, 9.17) is 0 Å². The van der Waals surface area contributed by atoms with Crippen molar-refractivity contribution < 1.29 is 13.5 Å². The van der Waals surface area contributed by atoms with Gasteiger partial charge in [-0.25, -0.2) is 4.72 Å². The lowest BCUT2D eigenvalue weighted by atomic mass is 10.1. The van der Waals surface area contributed by atoms with Crippen LogP contribution in [0.15, 0.2) is 12.4 Å². The summed E-state index contributed by atoms with van der Waals surface area (Å²) in [6.07, 6.45) is 6.73. The fourth-order valence-corrected chi connectivity index (χ4v) is 3.94. The summed E-state index contributed by atoms with van der Waals surface area (Å²) in [5.41, 5.74) is 0.993. The van der Waals surface area contributed by atoms with E-state index in [1.54, 1.807) is 10.9 Å². The lowest BCUT2D eigenvalue weighted by molar-refractivity contribution is 0.154. The number of hydrogen-bond acceptors (Lipinski definition) is 4. The van der Waals surface area contributed by atoms with Crippen LogP contribution in [0.25, 0.3) is 0 Å². The highest BCUT2D eigenvalue weighted by Crippen LogP contribution is 2.19. The Morgan fingerprint density at radius 1 is 1.50 bits per heavy atom. The molecule has 2 N–H and O–H groups in total. The first-order valence-corrected chi connectivity index (χ1v) is 8.32. The predicted molar refractivity (Wildman–Crippen MR) is 75.3 cm³/mol. The maximum atomic E-state index is 12.2. The van der Waals surface area contributed by atoms with Crippen LogP contribution in [-0.2, 0) is 23.7 Å². The number of aliphatic hydroxyl groups excluding tert-OH is 1. The van der Waals surface area contributed by atoms with E-state index >= 15 is 0 Å². The normalized spacial score (nSPS) is 21.2. The van der Waals surface area contributed by atoms with Gasteiger partial charge in [-0.3, -0.25) is 4.68 Å². The summed E-state index contributed by atoms with van der Waals surface area (Å²) in [4.78, 5) is 0. The molecule has 0 saturated carbocycles. The van der Waals surface area contributed by atoms with Crippen LogP contribution in [0, 0.1) is 0 Å². The van der Waals surface area contributed by atoms with Gasteiger partial charge in [-0.15, -0.1) is 0 Å². The molecule has 1 saturated heterocycles. The molecule has 2 heterocycles. The highest BCUT2D eigenvalue weighted by Gasteiger charge is 2.31. The third kappa shape index (κ3) is 3.78. The average Bonchev–Trinajstić information content (AvgIpc) is 2.84. The predicted octanol–water partition coefficient (Wildman–Crippen LogP) is -0.356. The first-order chi connectivity index (χ1) is 9.53. The average molecular weight is 302 g/mol. The molecular weight excluding hydrogens is 280 g/mol. The van der Waals surface area contributed by atoms with E-state index in [-0.39, 0.29) is 12.6 Å². The summed E-state index contributed by atoms with van der Waals surface area (Å²) in [6, 6.07) is -0.292. The maximum Gasteiger partial charge on any atom is 0.279 e. The van der Waals surface area contributed by atoms with E-state index < -0.39 is 10.2 Å². The van der Waals surface area contributed by atoms with Crippen molar-refractivity contribution in [2.24, 2.45) is 7.05 Å². The highest BCUT2D eigenvalue weighted by molar-refractivity contribution is 7.87. The van der Waals surface area contributed by atoms with Crippen LogP contribution in [0.4, 0.5) is 0 Å². The minimum Gasteiger partial charge on any atom is -0.395 e. The van der Waals surface area contributed by atoms with Crippen LogP contribution in [0.5, 0.6) is 0 Å². The standard InChI is InChI=1S/C12H22N4O3S/c1-15-9-11(8-13-15)5-6-14-20(18,19)16-7-3-2-4-12(16)10-17/h8-9,12,14,17H,2-7,10H2,1H3. The molecule has 1 aliphatic rings. The van der Waals surface area contributed by atoms with Gasteiger partial charge in [0.2, 0.25) is 0 Å². The fraction of sp³-hybridized carbons (Fsp3) is 0.750. The Morgan fingerprint density at radius 2 is 2.30 bits per heavy atom. The van der Waals surface area contributed by atoms with Crippen molar-refractivity contribution in [2.75, 3.05) is 19.7 Å². The Bertz CT molecular complexity index is 529. The highest BCUT2D eigenvalue weighted by atomic mass is 32.2. The van der Waals surface area contributed by atoms with Gasteiger partial charge in [0.1, 0.15) is 0 Å². The van der Waals surface area contributed by atoms with Crippen molar-refractivity contribution in [3.8, 4) is 0 Å². The van der Waals surface area contributed by atoms with Gasteiger partial charge in [-0.1, -0.05) is 6.42 Å². The molecule has 0 radical (unpaired) electrons. The third-order valence-corrected chi connectivity index (χ3v) is 5.22. The van der Waals surface area contributed by atoms with E-state index in [1.807, 2.05) is 13.2 Å². The van der Waals surface area contributed by atoms with Gasteiger partial charge in [0, 0.05) is 32.4 Å². The Labute approximate surface area is 119 Å². The fourth-order valence-electron chi connectivity index (χ4n) is 2.48. The quantitative estimate of drug-likeness (QED) is 0.751. The summed E-state index contributed by atoms with van der Waals surface area (Å²) in [7, 11) is -1.69. The van der Waals surface area contributed by atoms with Gasteiger partial charge >= 0.3 is 0 Å². The molecule has 1 aliphatic heterocycles. The monoisotopic (exact) mass is 302 g/mol. The molecule has 2 rings (SSSR count). The van der Waals surface area contributed by atoms with Crippen molar-refractivity contribution in [3.63, 3.8) is 0 Å². The van der Waals surface area contributed by atoms with Crippen molar-refractivity contribution in [1.29, 1.82) is 0 Å². The third-order valence-electron chi connectivity index (χ3n) is 3.55. The molecule has 0 spiro atoms. The number of rotatable bonds is 6. The first-order valence-electron chi connectivity index (χ1n) is 6.88. The Kier molecular flexibility index (Phi) is 5.14. The molecule has 8 heteroatoms. The first kappa shape index (κ1) is 15.4. The number of hydrogen-bond donors (Lipinski definition) is 2. The molecule has 1 aromatic heterocycles. The molecule has 1 unspecified atom stereocenters. The minimum absolute atomic E-state index is 0.122. The molecule has 1 fully saturated rings. The Hall–Kier alpha value is -0.960. The summed E-state index contributed by atoms with van der Waals surface area (Å²) in [6.45, 7) is 0.694. The molecule has 1 atom stereocenters. The zero-order valence-corrected chi connectivity index (χ0v) is 12.5. The number of nitrogens with zero attached hydrogens (tertiary/aromatic N) is 3. The van der Waals surface area contributed by atoms with Crippen molar-refractivity contribution in [3.05, 3.63) is 18.0 Å². The number of aliphatic hydroxyl groups is 1. The molecular formula is C12H22N4O3S. The van der Waals surface area contributed by atoms with E-state index in [2.05, 4.69) is 9.82 Å². The SMILES string of the molecule is Cn1cc(CCNS(=O)(=O)N2CCCCC2CO)cn1. The lowest BCUT2D eigenvalue weighted by Crippen LogP contribution is -2.50. The topological polar surface area (TPSA) is 87.5 Å². The second-order valence-corrected chi connectivity index (χ2v) is 6.82. The molecule has 0 aromatic carbocycles. The van der Waals surface area contributed by atoms with Crippen LogP contribution in [0.3, 0.4) is 0 Å². The van der Waals surface area contributed by atoms with E-state index in [0.29, 0.717) is 19.5 Å². The molecule has 20 heavy (non-hydrogen) atoms. The summed E-state index contributed by atoms with van der Waals surface area (Å²) >= 11 is 0. The lowest BCUT2D eigenvalue weighted by Gasteiger charge is -2.33. The summed E-state index contributed by atoms with van der Waals surface area (Å²) in [5, 5.41) is 13.3. The zero-order valence-electron chi connectivity index (χ0n) is 11.7. The number of nitrogens with one attached hydrogen (secondary N) is 1. The molecule has 0 amide bonds. The van der Waals surface area contributed by atoms with Crippen LogP contribution < -0.4 is 4.72 Å². The van der Waals surface area contributed by atoms with Gasteiger partial charge in [0.05, 0.1) is 12.8 Å². The van der Waals surface area contributed by atoms with Crippen molar-refractivity contribution in [1.82, 2.24) is 18.8 Å². The second-order valence-electron chi connectivity index (χ2n) is 5.11. The molecule has 1 aromatic rings. The van der Waals surface area contributed by atoms with Crippen LogP contribution in [0.2, 0.25) is 0 Å². The van der Waals surface area contributed by atoms with Gasteiger partial charge in [0.15, 0.2) is 0 Å². The molecule has 7 nitrogen and oxygen atoms in total. The van der Waals surface area contributed by atoms with Gasteiger partial charge < -0.3 is 5.11 Å². The van der Waals surface area contributed by atoms with E-state index in [1.165, 1.54) is 4.31 Å². The summed E-state index contributed by atoms with van der Waals surface area (Å²) in [5.74, 6) is 0. The largest absolute Gasteiger partial charge is 0.395 e. The van der Waals surface area contributed by atoms with E-state index in [0.717, 1.165) is 24.8 Å². The number of aryl methyl sites for hydroxylation is 1. The minimum atomic E-state index is -3.51. The molecule has 0 bridgehead atoms. The van der Waals surface area contributed by atoms with Gasteiger partial charge in [0.25, 0.3) is 10.2 Å². The summed E-state index contributed by atoms with van der Waals surface area (Å²) < 4.78 is 30.1. The van der Waals surface area contributed by atoms with Crippen LogP contribution >= 0.6 is 0 Å². The number of aromatic nitrogens is 2. The van der Waals surface area contributed by atoms with Crippen LogP contribution in [-0.4, -0.2) is 53.3 Å². The Balaban J connectivity index is 1.89. The smallest absolute Gasteiger partial charge is 0.279 e. The van der Waals surface area contributed by atoms with Gasteiger partial charge in [-0.05, 0) is 24.8 Å². The molecule has 0 aliphatic carbocycles. The number of piperidine rings is 1. The van der Waals surface area contributed by atoms with Gasteiger partial charge in [-0.2, -0.15) is 17.8 Å². The Morgan fingerprint density at radius 3 is 2.95 bits per heavy atom. The molecule has 114 valence electrons.